The molecule has 0 saturated heterocycles. The Labute approximate surface area is 120 Å². The van der Waals surface area contributed by atoms with E-state index in [0.717, 1.165) is 5.56 Å². The molecule has 0 aliphatic rings. The molecular formula is C15H13NO3S. The molecule has 2 rings (SSSR count). The summed E-state index contributed by atoms with van der Waals surface area (Å²) in [7, 11) is 1.42. The summed E-state index contributed by atoms with van der Waals surface area (Å²) in [5.74, 6) is -1.04. The van der Waals surface area contributed by atoms with E-state index in [1.165, 1.54) is 24.7 Å². The Morgan fingerprint density at radius 1 is 1.30 bits per heavy atom. The number of methoxy groups -OCH3 is 1. The van der Waals surface area contributed by atoms with Crippen LogP contribution in [0.1, 0.15) is 16.1 Å². The minimum atomic E-state index is -1.04. The topological polar surface area (TPSA) is 59.4 Å². The first-order chi connectivity index (χ1) is 9.72. The van der Waals surface area contributed by atoms with Gasteiger partial charge in [-0.3, -0.25) is 0 Å². The van der Waals surface area contributed by atoms with Crippen LogP contribution in [-0.2, 0) is 9.53 Å². The number of hydrogen-bond acceptors (Lipinski definition) is 4. The number of ether oxygens (including phenoxy) is 1. The maximum absolute atomic E-state index is 11.2. The van der Waals surface area contributed by atoms with Gasteiger partial charge in [0.05, 0.1) is 29.5 Å². The third-order valence-electron chi connectivity index (χ3n) is 2.54. The quantitative estimate of drug-likeness (QED) is 0.676. The van der Waals surface area contributed by atoms with Crippen molar-refractivity contribution in [1.29, 1.82) is 0 Å². The monoisotopic (exact) mass is 287 g/mol. The van der Waals surface area contributed by atoms with Gasteiger partial charge in [-0.25, -0.2) is 9.78 Å². The lowest BCUT2D eigenvalue weighted by molar-refractivity contribution is -0.130. The summed E-state index contributed by atoms with van der Waals surface area (Å²) in [4.78, 5) is 16.0. The number of carbonyl (C=O) groups is 1. The van der Waals surface area contributed by atoms with Crippen molar-refractivity contribution in [2.75, 3.05) is 7.11 Å². The molecule has 0 unspecified atom stereocenters. The van der Waals surface area contributed by atoms with Crippen LogP contribution in [0, 0.1) is 0 Å². The average molecular weight is 287 g/mol. The lowest BCUT2D eigenvalue weighted by atomic mass is 10.1. The molecule has 20 heavy (non-hydrogen) atoms. The lowest BCUT2D eigenvalue weighted by Gasteiger charge is -2.00. The zero-order valence-corrected chi connectivity index (χ0v) is 11.6. The number of aliphatic carboxylic acids is 1. The highest BCUT2D eigenvalue weighted by atomic mass is 32.1. The van der Waals surface area contributed by atoms with Crippen molar-refractivity contribution in [2.24, 2.45) is 0 Å². The molecule has 1 aromatic heterocycles. The van der Waals surface area contributed by atoms with Gasteiger partial charge < -0.3 is 9.84 Å². The third-order valence-corrected chi connectivity index (χ3v) is 3.41. The van der Waals surface area contributed by atoms with Crippen molar-refractivity contribution < 1.29 is 14.6 Å². The van der Waals surface area contributed by atoms with Crippen LogP contribution in [0.3, 0.4) is 0 Å². The van der Waals surface area contributed by atoms with E-state index in [1.54, 1.807) is 11.6 Å². The predicted octanol–water partition coefficient (Wildman–Crippen LogP) is 3.39. The summed E-state index contributed by atoms with van der Waals surface area (Å²) >= 11 is 1.27. The number of nitrogens with zero attached hydrogens (tertiary/aromatic N) is 1. The number of aromatic nitrogens is 1. The Hall–Kier alpha value is -2.40. The molecule has 5 heteroatoms. The Kier molecular flexibility index (Phi) is 4.68. The van der Waals surface area contributed by atoms with Crippen molar-refractivity contribution in [3.8, 4) is 0 Å². The molecule has 0 aliphatic carbocycles. The number of benzene rings is 1. The average Bonchev–Trinajstić information content (AvgIpc) is 2.91. The van der Waals surface area contributed by atoms with Crippen LogP contribution in [0.2, 0.25) is 0 Å². The van der Waals surface area contributed by atoms with Crippen molar-refractivity contribution in [1.82, 2.24) is 4.98 Å². The Morgan fingerprint density at radius 2 is 2.05 bits per heavy atom. The molecule has 0 saturated carbocycles. The predicted molar refractivity (Wildman–Crippen MR) is 80.1 cm³/mol. The van der Waals surface area contributed by atoms with Gasteiger partial charge in [-0.05, 0) is 11.6 Å². The molecule has 0 atom stereocenters. The van der Waals surface area contributed by atoms with Crippen LogP contribution in [0.25, 0.3) is 17.7 Å². The first kappa shape index (κ1) is 14.0. The number of rotatable bonds is 5. The smallest absolute Gasteiger partial charge is 0.340 e. The van der Waals surface area contributed by atoms with Gasteiger partial charge in [0.1, 0.15) is 5.57 Å². The molecule has 4 nitrogen and oxygen atoms in total. The van der Waals surface area contributed by atoms with Gasteiger partial charge >= 0.3 is 5.97 Å². The minimum absolute atomic E-state index is 0.0997. The number of hydrogen-bond donors (Lipinski definition) is 1. The van der Waals surface area contributed by atoms with Crippen LogP contribution in [0.4, 0.5) is 0 Å². The van der Waals surface area contributed by atoms with Gasteiger partial charge in [0.2, 0.25) is 0 Å². The summed E-state index contributed by atoms with van der Waals surface area (Å²) in [6, 6.07) is 9.75. The molecule has 0 fully saturated rings. The first-order valence-corrected chi connectivity index (χ1v) is 6.73. The molecular weight excluding hydrogens is 274 g/mol. The number of carboxylic acid groups (broad SMARTS) is 1. The van der Waals surface area contributed by atoms with E-state index >= 15 is 0 Å². The van der Waals surface area contributed by atoms with E-state index in [0.29, 0.717) is 10.6 Å². The molecule has 0 amide bonds. The van der Waals surface area contributed by atoms with E-state index in [2.05, 4.69) is 4.98 Å². The van der Waals surface area contributed by atoms with Gasteiger partial charge in [-0.1, -0.05) is 36.4 Å². The van der Waals surface area contributed by atoms with Crippen LogP contribution in [0.5, 0.6) is 0 Å². The van der Waals surface area contributed by atoms with Gasteiger partial charge in [0, 0.05) is 0 Å². The molecule has 1 N–H and O–H groups in total. The third kappa shape index (κ3) is 3.33. The van der Waals surface area contributed by atoms with Crippen molar-refractivity contribution in [3.05, 3.63) is 58.2 Å². The maximum atomic E-state index is 11.2. The molecule has 0 bridgehead atoms. The molecule has 2 aromatic rings. The standard InChI is InChI=1S/C15H13NO3S/c1-19-9-12(15(17)18)14-13(16-10-20-14)8-7-11-5-3-2-4-6-11/h2-10H,1H3,(H,17,18)/b8-7+,12-9+. The summed E-state index contributed by atoms with van der Waals surface area (Å²) in [6.07, 6.45) is 4.91. The second kappa shape index (κ2) is 6.68. The van der Waals surface area contributed by atoms with E-state index in [4.69, 9.17) is 4.74 Å². The highest BCUT2D eigenvalue weighted by Gasteiger charge is 2.16. The van der Waals surface area contributed by atoms with E-state index in [9.17, 15) is 9.90 Å². The number of thiazole rings is 1. The minimum Gasteiger partial charge on any atom is -0.503 e. The van der Waals surface area contributed by atoms with Crippen LogP contribution in [-0.4, -0.2) is 23.2 Å². The normalized spacial score (nSPS) is 11.8. The zero-order valence-electron chi connectivity index (χ0n) is 10.8. The van der Waals surface area contributed by atoms with Gasteiger partial charge in [-0.2, -0.15) is 0 Å². The Bertz CT molecular complexity index is 644. The lowest BCUT2D eigenvalue weighted by Crippen LogP contribution is -2.00. The molecule has 0 aliphatic heterocycles. The first-order valence-electron chi connectivity index (χ1n) is 5.85. The molecule has 1 aromatic carbocycles. The number of carboxylic acids is 1. The van der Waals surface area contributed by atoms with E-state index < -0.39 is 5.97 Å². The summed E-state index contributed by atoms with van der Waals surface area (Å²) in [5.41, 5.74) is 3.36. The van der Waals surface area contributed by atoms with Gasteiger partial charge in [0.15, 0.2) is 0 Å². The molecule has 1 heterocycles. The van der Waals surface area contributed by atoms with Gasteiger partial charge in [-0.15, -0.1) is 11.3 Å². The fraction of sp³-hybridized carbons (Fsp3) is 0.0667. The Morgan fingerprint density at radius 3 is 2.70 bits per heavy atom. The largest absolute Gasteiger partial charge is 0.503 e. The molecule has 0 radical (unpaired) electrons. The molecule has 0 spiro atoms. The second-order valence-corrected chi connectivity index (χ2v) is 4.74. The van der Waals surface area contributed by atoms with Crippen molar-refractivity contribution in [3.63, 3.8) is 0 Å². The van der Waals surface area contributed by atoms with Crippen LogP contribution < -0.4 is 0 Å². The fourth-order valence-corrected chi connectivity index (χ4v) is 2.41. The SMILES string of the molecule is CO/C=C(/C(=O)O)c1scnc1/C=C/c1ccccc1. The van der Waals surface area contributed by atoms with Crippen LogP contribution >= 0.6 is 11.3 Å². The second-order valence-electron chi connectivity index (χ2n) is 3.88. The van der Waals surface area contributed by atoms with Crippen LogP contribution in [0.15, 0.2) is 42.1 Å². The summed E-state index contributed by atoms with van der Waals surface area (Å²) < 4.78 is 4.82. The maximum Gasteiger partial charge on any atom is 0.340 e. The summed E-state index contributed by atoms with van der Waals surface area (Å²) in [5, 5.41) is 9.19. The highest BCUT2D eigenvalue weighted by molar-refractivity contribution is 7.11. The zero-order chi connectivity index (χ0) is 14.4. The highest BCUT2D eigenvalue weighted by Crippen LogP contribution is 2.25. The van der Waals surface area contributed by atoms with E-state index in [1.807, 2.05) is 36.4 Å². The molecule has 102 valence electrons. The van der Waals surface area contributed by atoms with Gasteiger partial charge in [0.25, 0.3) is 0 Å². The fourth-order valence-electron chi connectivity index (χ4n) is 1.63. The van der Waals surface area contributed by atoms with Crippen molar-refractivity contribution >= 4 is 35.0 Å². The van der Waals surface area contributed by atoms with E-state index in [-0.39, 0.29) is 5.57 Å². The Balaban J connectivity index is 2.31. The summed E-state index contributed by atoms with van der Waals surface area (Å²) in [6.45, 7) is 0. The van der Waals surface area contributed by atoms with Crippen molar-refractivity contribution in [2.45, 2.75) is 0 Å².